The Bertz CT molecular complexity index is 1040. The van der Waals surface area contributed by atoms with E-state index >= 15 is 0 Å². The van der Waals surface area contributed by atoms with E-state index in [0.29, 0.717) is 18.1 Å². The summed E-state index contributed by atoms with van der Waals surface area (Å²) in [4.78, 5) is 16.6. The number of aryl methyl sites for hydroxylation is 2. The zero-order valence-electron chi connectivity index (χ0n) is 16.4. The Labute approximate surface area is 175 Å². The number of nitrogens with one attached hydrogen (secondary N) is 1. The van der Waals surface area contributed by atoms with E-state index in [4.69, 9.17) is 11.6 Å². The van der Waals surface area contributed by atoms with Crippen molar-refractivity contribution < 1.29 is 9.90 Å². The van der Waals surface area contributed by atoms with Gasteiger partial charge < -0.3 is 10.4 Å². The van der Waals surface area contributed by atoms with E-state index in [0.717, 1.165) is 27.8 Å². The van der Waals surface area contributed by atoms with Crippen molar-refractivity contribution in [2.45, 2.75) is 20.3 Å². The number of aromatic hydroxyl groups is 1. The minimum atomic E-state index is -0.176. The van der Waals surface area contributed by atoms with Crippen molar-refractivity contribution in [1.29, 1.82) is 0 Å². The molecule has 0 atom stereocenters. The minimum Gasteiger partial charge on any atom is -0.508 e. The number of carbonyl (C=O) groups is 1. The molecule has 0 aliphatic heterocycles. The van der Waals surface area contributed by atoms with Crippen LogP contribution in [-0.4, -0.2) is 22.5 Å². The van der Waals surface area contributed by atoms with Crippen LogP contribution in [0.2, 0.25) is 5.15 Å². The first kappa shape index (κ1) is 20.6. The predicted octanol–water partition coefficient (Wildman–Crippen LogP) is 4.85. The molecule has 1 heterocycles. The average molecular weight is 407 g/mol. The first-order valence-corrected chi connectivity index (χ1v) is 9.77. The molecule has 2 aromatic carbocycles. The molecule has 29 heavy (non-hydrogen) atoms. The molecule has 0 aliphatic carbocycles. The van der Waals surface area contributed by atoms with Crippen molar-refractivity contribution >= 4 is 23.1 Å². The summed E-state index contributed by atoms with van der Waals surface area (Å²) in [7, 11) is 0. The topological polar surface area (TPSA) is 62.2 Å². The molecule has 0 unspecified atom stereocenters. The number of amides is 1. The van der Waals surface area contributed by atoms with E-state index < -0.39 is 0 Å². The highest BCUT2D eigenvalue weighted by Gasteiger charge is 2.10. The Hall–Kier alpha value is -3.11. The highest BCUT2D eigenvalue weighted by atomic mass is 35.5. The van der Waals surface area contributed by atoms with Gasteiger partial charge in [-0.25, -0.2) is 4.98 Å². The van der Waals surface area contributed by atoms with Gasteiger partial charge in [0.25, 0.3) is 0 Å². The number of phenolic OH excluding ortho intramolecular Hbond substituents is 1. The zero-order chi connectivity index (χ0) is 20.8. The number of hydrogen-bond acceptors (Lipinski definition) is 3. The van der Waals surface area contributed by atoms with Gasteiger partial charge in [0.2, 0.25) is 5.91 Å². The van der Waals surface area contributed by atoms with E-state index in [-0.39, 0.29) is 11.7 Å². The maximum atomic E-state index is 12.6. The molecule has 2 N–H and O–H groups in total. The second-order valence-electron chi connectivity index (χ2n) is 6.93. The lowest BCUT2D eigenvalue weighted by molar-refractivity contribution is -0.116. The summed E-state index contributed by atoms with van der Waals surface area (Å²) in [5.41, 5.74) is 5.97. The normalized spacial score (nSPS) is 11.3. The molecule has 0 saturated carbocycles. The van der Waals surface area contributed by atoms with Gasteiger partial charge in [-0.1, -0.05) is 41.9 Å². The number of benzene rings is 2. The van der Waals surface area contributed by atoms with Gasteiger partial charge in [0.05, 0.1) is 0 Å². The molecule has 1 aromatic heterocycles. The molecule has 3 rings (SSSR count). The minimum absolute atomic E-state index is 0.176. The van der Waals surface area contributed by atoms with Crippen LogP contribution in [0.3, 0.4) is 0 Å². The molecule has 0 radical (unpaired) electrons. The summed E-state index contributed by atoms with van der Waals surface area (Å²) in [6, 6.07) is 16.7. The quantitative estimate of drug-likeness (QED) is 0.454. The molecule has 1 amide bonds. The molecule has 0 bridgehead atoms. The molecular weight excluding hydrogens is 384 g/mol. The van der Waals surface area contributed by atoms with Crippen molar-refractivity contribution in [2.75, 3.05) is 6.54 Å². The molecule has 3 aromatic rings. The van der Waals surface area contributed by atoms with E-state index in [9.17, 15) is 9.90 Å². The number of aromatic nitrogens is 1. The van der Waals surface area contributed by atoms with Crippen molar-refractivity contribution in [3.8, 4) is 5.75 Å². The van der Waals surface area contributed by atoms with E-state index in [1.54, 1.807) is 30.5 Å². The van der Waals surface area contributed by atoms with Crippen LogP contribution >= 0.6 is 11.6 Å². The number of halogens is 1. The first-order valence-electron chi connectivity index (χ1n) is 9.39. The Kier molecular flexibility index (Phi) is 6.68. The molecule has 0 spiro atoms. The van der Waals surface area contributed by atoms with E-state index in [1.165, 1.54) is 5.56 Å². The van der Waals surface area contributed by atoms with Crippen molar-refractivity contribution in [3.05, 3.63) is 99.8 Å². The van der Waals surface area contributed by atoms with Gasteiger partial charge in [0.15, 0.2) is 0 Å². The Morgan fingerprint density at radius 1 is 1.03 bits per heavy atom. The number of hydrogen-bond donors (Lipinski definition) is 2. The zero-order valence-corrected chi connectivity index (χ0v) is 17.2. The fourth-order valence-electron chi connectivity index (χ4n) is 2.99. The lowest BCUT2D eigenvalue weighted by atomic mass is 9.95. The number of nitrogens with zero attached hydrogens (tertiary/aromatic N) is 1. The second-order valence-corrected chi connectivity index (χ2v) is 7.32. The Morgan fingerprint density at radius 3 is 2.45 bits per heavy atom. The van der Waals surface area contributed by atoms with Crippen molar-refractivity contribution in [1.82, 2.24) is 10.3 Å². The fraction of sp³-hybridized carbons (Fsp3) is 0.167. The maximum absolute atomic E-state index is 12.6. The number of rotatable bonds is 6. The number of phenols is 1. The molecule has 0 fully saturated rings. The highest BCUT2D eigenvalue weighted by molar-refractivity contribution is 6.29. The summed E-state index contributed by atoms with van der Waals surface area (Å²) in [5, 5.41) is 12.7. The standard InChI is InChI=1S/C24H23ClN2O2/c1-16-3-6-19(13-17(16)2)22(20-10-12-26-23(25)14-20)15-24(29)27-11-9-18-4-7-21(28)8-5-18/h3-8,10,12-15,28H,9,11H2,1-2H3,(H,27,29)/b22-15-. The maximum Gasteiger partial charge on any atom is 0.244 e. The van der Waals surface area contributed by atoms with Crippen LogP contribution in [0, 0.1) is 13.8 Å². The van der Waals surface area contributed by atoms with E-state index in [1.807, 2.05) is 37.3 Å². The van der Waals surface area contributed by atoms with Gasteiger partial charge >= 0.3 is 0 Å². The summed E-state index contributed by atoms with van der Waals surface area (Å²) in [6.45, 7) is 4.60. The Morgan fingerprint density at radius 2 is 1.76 bits per heavy atom. The summed E-state index contributed by atoms with van der Waals surface area (Å²) < 4.78 is 0. The second kappa shape index (κ2) is 9.39. The highest BCUT2D eigenvalue weighted by Crippen LogP contribution is 2.26. The number of pyridine rings is 1. The number of carbonyl (C=O) groups excluding carboxylic acids is 1. The van der Waals surface area contributed by atoms with Gasteiger partial charge in [0, 0.05) is 18.8 Å². The van der Waals surface area contributed by atoms with Gasteiger partial charge in [0.1, 0.15) is 10.9 Å². The third-order valence-corrected chi connectivity index (χ3v) is 4.99. The fourth-order valence-corrected chi connectivity index (χ4v) is 3.16. The molecule has 5 heteroatoms. The van der Waals surface area contributed by atoms with Crippen LogP contribution < -0.4 is 5.32 Å². The van der Waals surface area contributed by atoms with Gasteiger partial charge in [-0.2, -0.15) is 0 Å². The van der Waals surface area contributed by atoms with Crippen LogP contribution in [0.4, 0.5) is 0 Å². The van der Waals surface area contributed by atoms with E-state index in [2.05, 4.69) is 23.3 Å². The van der Waals surface area contributed by atoms with Crippen LogP contribution in [0.25, 0.3) is 5.57 Å². The first-order chi connectivity index (χ1) is 13.9. The summed E-state index contributed by atoms with van der Waals surface area (Å²) >= 11 is 6.08. The largest absolute Gasteiger partial charge is 0.508 e. The van der Waals surface area contributed by atoms with Gasteiger partial charge in [-0.05, 0) is 77.9 Å². The third kappa shape index (κ3) is 5.69. The van der Waals surface area contributed by atoms with Gasteiger partial charge in [-0.3, -0.25) is 4.79 Å². The van der Waals surface area contributed by atoms with Crippen LogP contribution in [-0.2, 0) is 11.2 Å². The smallest absolute Gasteiger partial charge is 0.244 e. The van der Waals surface area contributed by atoms with Gasteiger partial charge in [-0.15, -0.1) is 0 Å². The lowest BCUT2D eigenvalue weighted by Gasteiger charge is -2.11. The predicted molar refractivity (Wildman–Crippen MR) is 117 cm³/mol. The van der Waals surface area contributed by atoms with Crippen LogP contribution in [0.15, 0.2) is 66.9 Å². The summed E-state index contributed by atoms with van der Waals surface area (Å²) in [5.74, 6) is 0.0553. The van der Waals surface area contributed by atoms with Crippen molar-refractivity contribution in [2.24, 2.45) is 0 Å². The molecule has 0 saturated heterocycles. The summed E-state index contributed by atoms with van der Waals surface area (Å²) in [6.07, 6.45) is 3.92. The SMILES string of the molecule is Cc1ccc(/C(=C/C(=O)NCCc2ccc(O)cc2)c2ccnc(Cl)c2)cc1C. The molecular formula is C24H23ClN2O2. The van der Waals surface area contributed by atoms with Crippen molar-refractivity contribution in [3.63, 3.8) is 0 Å². The monoisotopic (exact) mass is 406 g/mol. The van der Waals surface area contributed by atoms with Crippen LogP contribution in [0.1, 0.15) is 27.8 Å². The molecule has 4 nitrogen and oxygen atoms in total. The lowest BCUT2D eigenvalue weighted by Crippen LogP contribution is -2.24. The average Bonchev–Trinajstić information content (AvgIpc) is 2.70. The molecule has 148 valence electrons. The van der Waals surface area contributed by atoms with Crippen LogP contribution in [0.5, 0.6) is 5.75 Å². The Balaban J connectivity index is 1.80. The molecule has 0 aliphatic rings. The third-order valence-electron chi connectivity index (χ3n) is 4.78.